The molecule has 0 aliphatic heterocycles. The smallest absolute Gasteiger partial charge is 0.224 e. The summed E-state index contributed by atoms with van der Waals surface area (Å²) in [6.07, 6.45) is 0.645. The molecule has 1 aromatic carbocycles. The summed E-state index contributed by atoms with van der Waals surface area (Å²) < 4.78 is 5.06. The monoisotopic (exact) mass is 218 g/mol. The van der Waals surface area contributed by atoms with Crippen LogP contribution in [-0.2, 0) is 11.2 Å². The SMILES string of the molecule is COc1cccc(CC(=O)NCCC#N)c1. The van der Waals surface area contributed by atoms with E-state index in [0.717, 1.165) is 11.3 Å². The van der Waals surface area contributed by atoms with E-state index in [-0.39, 0.29) is 5.91 Å². The average Bonchev–Trinajstić information content (AvgIpc) is 2.29. The molecule has 0 unspecified atom stereocenters. The number of amides is 1. The molecule has 0 fully saturated rings. The highest BCUT2D eigenvalue weighted by Gasteiger charge is 2.03. The van der Waals surface area contributed by atoms with Crippen molar-refractivity contribution in [3.8, 4) is 11.8 Å². The first-order valence-corrected chi connectivity index (χ1v) is 5.03. The van der Waals surface area contributed by atoms with Crippen LogP contribution in [0.4, 0.5) is 0 Å². The maximum Gasteiger partial charge on any atom is 0.224 e. The number of carbonyl (C=O) groups excluding carboxylic acids is 1. The molecular weight excluding hydrogens is 204 g/mol. The molecule has 0 saturated carbocycles. The molecular formula is C12H14N2O2. The van der Waals surface area contributed by atoms with Gasteiger partial charge in [-0.2, -0.15) is 5.26 Å². The summed E-state index contributed by atoms with van der Waals surface area (Å²) in [7, 11) is 1.59. The minimum Gasteiger partial charge on any atom is -0.497 e. The van der Waals surface area contributed by atoms with Crippen molar-refractivity contribution < 1.29 is 9.53 Å². The third-order valence-corrected chi connectivity index (χ3v) is 2.06. The second-order valence-electron chi connectivity index (χ2n) is 3.29. The summed E-state index contributed by atoms with van der Waals surface area (Å²) in [5.41, 5.74) is 0.897. The average molecular weight is 218 g/mol. The van der Waals surface area contributed by atoms with Gasteiger partial charge in [0.15, 0.2) is 0 Å². The first kappa shape index (κ1) is 12.1. The second kappa shape index (κ2) is 6.46. The lowest BCUT2D eigenvalue weighted by Crippen LogP contribution is -2.25. The van der Waals surface area contributed by atoms with Gasteiger partial charge in [0.25, 0.3) is 0 Å². The van der Waals surface area contributed by atoms with Gasteiger partial charge in [0.2, 0.25) is 5.91 Å². The third kappa shape index (κ3) is 4.01. The van der Waals surface area contributed by atoms with Crippen molar-refractivity contribution in [1.29, 1.82) is 5.26 Å². The molecule has 0 atom stereocenters. The highest BCUT2D eigenvalue weighted by atomic mass is 16.5. The Hall–Kier alpha value is -2.02. The Morgan fingerprint density at radius 3 is 3.06 bits per heavy atom. The van der Waals surface area contributed by atoms with Crippen molar-refractivity contribution in [2.24, 2.45) is 0 Å². The minimum absolute atomic E-state index is 0.0801. The maximum absolute atomic E-state index is 11.4. The molecule has 1 amide bonds. The van der Waals surface area contributed by atoms with E-state index in [4.69, 9.17) is 10.00 Å². The van der Waals surface area contributed by atoms with Gasteiger partial charge in [-0.25, -0.2) is 0 Å². The van der Waals surface area contributed by atoms with E-state index in [2.05, 4.69) is 5.32 Å². The maximum atomic E-state index is 11.4. The molecule has 4 heteroatoms. The number of rotatable bonds is 5. The molecule has 0 aromatic heterocycles. The van der Waals surface area contributed by atoms with Crippen molar-refractivity contribution in [2.45, 2.75) is 12.8 Å². The molecule has 84 valence electrons. The second-order valence-corrected chi connectivity index (χ2v) is 3.29. The summed E-state index contributed by atoms with van der Waals surface area (Å²) in [5.74, 6) is 0.658. The Morgan fingerprint density at radius 1 is 1.56 bits per heavy atom. The van der Waals surface area contributed by atoms with E-state index in [0.29, 0.717) is 19.4 Å². The largest absolute Gasteiger partial charge is 0.497 e. The number of nitrogens with one attached hydrogen (secondary N) is 1. The Labute approximate surface area is 94.8 Å². The number of ether oxygens (including phenoxy) is 1. The zero-order chi connectivity index (χ0) is 11.8. The van der Waals surface area contributed by atoms with Gasteiger partial charge in [-0.1, -0.05) is 12.1 Å². The molecule has 1 aromatic rings. The van der Waals surface area contributed by atoms with Gasteiger partial charge in [0.1, 0.15) is 5.75 Å². The molecule has 0 spiro atoms. The Balaban J connectivity index is 2.46. The normalized spacial score (nSPS) is 9.25. The predicted octanol–water partition coefficient (Wildman–Crippen LogP) is 1.27. The van der Waals surface area contributed by atoms with E-state index in [1.54, 1.807) is 7.11 Å². The summed E-state index contributed by atoms with van der Waals surface area (Å²) in [6.45, 7) is 0.402. The van der Waals surface area contributed by atoms with Crippen LogP contribution in [0, 0.1) is 11.3 Å². The van der Waals surface area contributed by atoms with E-state index in [1.807, 2.05) is 30.3 Å². The first-order chi connectivity index (χ1) is 7.76. The standard InChI is InChI=1S/C12H14N2O2/c1-16-11-5-2-4-10(8-11)9-12(15)14-7-3-6-13/h2,4-5,8H,3,7,9H2,1H3,(H,14,15). The Kier molecular flexibility index (Phi) is 4.87. The van der Waals surface area contributed by atoms with Gasteiger partial charge in [-0.05, 0) is 17.7 Å². The number of benzene rings is 1. The number of nitriles is 1. The molecule has 1 N–H and O–H groups in total. The fraction of sp³-hybridized carbons (Fsp3) is 0.333. The fourth-order valence-electron chi connectivity index (χ4n) is 1.29. The number of hydrogen-bond acceptors (Lipinski definition) is 3. The summed E-state index contributed by atoms with van der Waals surface area (Å²) in [5, 5.41) is 11.0. The summed E-state index contributed by atoms with van der Waals surface area (Å²) >= 11 is 0. The lowest BCUT2D eigenvalue weighted by molar-refractivity contribution is -0.120. The molecule has 4 nitrogen and oxygen atoms in total. The predicted molar refractivity (Wildman–Crippen MR) is 59.9 cm³/mol. The van der Waals surface area contributed by atoms with Gasteiger partial charge in [0, 0.05) is 6.54 Å². The number of methoxy groups -OCH3 is 1. The third-order valence-electron chi connectivity index (χ3n) is 2.06. The number of hydrogen-bond donors (Lipinski definition) is 1. The number of nitrogens with zero attached hydrogens (tertiary/aromatic N) is 1. The molecule has 16 heavy (non-hydrogen) atoms. The van der Waals surface area contributed by atoms with E-state index >= 15 is 0 Å². The lowest BCUT2D eigenvalue weighted by Gasteiger charge is -2.04. The van der Waals surface area contributed by atoms with E-state index < -0.39 is 0 Å². The zero-order valence-electron chi connectivity index (χ0n) is 9.19. The first-order valence-electron chi connectivity index (χ1n) is 5.03. The van der Waals surface area contributed by atoms with E-state index in [1.165, 1.54) is 0 Å². The van der Waals surface area contributed by atoms with Crippen LogP contribution in [-0.4, -0.2) is 19.6 Å². The molecule has 0 saturated heterocycles. The van der Waals surface area contributed by atoms with Crippen LogP contribution >= 0.6 is 0 Å². The van der Waals surface area contributed by atoms with Crippen LogP contribution in [0.15, 0.2) is 24.3 Å². The van der Waals surface area contributed by atoms with Crippen LogP contribution in [0.5, 0.6) is 5.75 Å². The zero-order valence-corrected chi connectivity index (χ0v) is 9.19. The van der Waals surface area contributed by atoms with Crippen LogP contribution in [0.2, 0.25) is 0 Å². The van der Waals surface area contributed by atoms with Gasteiger partial charge in [0.05, 0.1) is 26.0 Å². The van der Waals surface area contributed by atoms with E-state index in [9.17, 15) is 4.79 Å². The van der Waals surface area contributed by atoms with Gasteiger partial charge in [-0.3, -0.25) is 4.79 Å². The molecule has 0 aliphatic rings. The molecule has 0 bridgehead atoms. The Bertz CT molecular complexity index is 396. The van der Waals surface area contributed by atoms with Crippen molar-refractivity contribution in [1.82, 2.24) is 5.32 Å². The van der Waals surface area contributed by atoms with Crippen molar-refractivity contribution in [3.63, 3.8) is 0 Å². The van der Waals surface area contributed by atoms with Crippen LogP contribution < -0.4 is 10.1 Å². The molecule has 1 rings (SSSR count). The van der Waals surface area contributed by atoms with Crippen molar-refractivity contribution >= 4 is 5.91 Å². The van der Waals surface area contributed by atoms with Crippen LogP contribution in [0.25, 0.3) is 0 Å². The highest BCUT2D eigenvalue weighted by molar-refractivity contribution is 5.78. The van der Waals surface area contributed by atoms with Crippen LogP contribution in [0.1, 0.15) is 12.0 Å². The minimum atomic E-state index is -0.0801. The Morgan fingerprint density at radius 2 is 2.38 bits per heavy atom. The fourth-order valence-corrected chi connectivity index (χ4v) is 1.29. The summed E-state index contributed by atoms with van der Waals surface area (Å²) in [6, 6.07) is 9.34. The van der Waals surface area contributed by atoms with Gasteiger partial charge in [-0.15, -0.1) is 0 Å². The molecule has 0 aliphatic carbocycles. The molecule has 0 radical (unpaired) electrons. The highest BCUT2D eigenvalue weighted by Crippen LogP contribution is 2.12. The number of carbonyl (C=O) groups is 1. The van der Waals surface area contributed by atoms with Gasteiger partial charge < -0.3 is 10.1 Å². The van der Waals surface area contributed by atoms with Crippen LogP contribution in [0.3, 0.4) is 0 Å². The van der Waals surface area contributed by atoms with Gasteiger partial charge >= 0.3 is 0 Å². The topological polar surface area (TPSA) is 62.1 Å². The summed E-state index contributed by atoms with van der Waals surface area (Å²) in [4.78, 5) is 11.4. The quantitative estimate of drug-likeness (QED) is 0.757. The lowest BCUT2D eigenvalue weighted by atomic mass is 10.1. The van der Waals surface area contributed by atoms with Crippen molar-refractivity contribution in [2.75, 3.05) is 13.7 Å². The molecule has 0 heterocycles. The van der Waals surface area contributed by atoms with Crippen molar-refractivity contribution in [3.05, 3.63) is 29.8 Å².